The van der Waals surface area contributed by atoms with Gasteiger partial charge >= 0.3 is 0 Å². The van der Waals surface area contributed by atoms with Crippen molar-refractivity contribution in [3.05, 3.63) is 11.9 Å². The third-order valence-corrected chi connectivity index (χ3v) is 2.94. The minimum Gasteiger partial charge on any atom is -0.375 e. The Morgan fingerprint density at radius 1 is 1.64 bits per heavy atom. The number of rotatable bonds is 4. The monoisotopic (exact) mass is 238 g/mol. The number of halogens is 1. The molecule has 14 heavy (non-hydrogen) atoms. The van der Waals surface area contributed by atoms with Crippen molar-refractivity contribution in [3.63, 3.8) is 0 Å². The Balaban J connectivity index is 3.04. The Morgan fingerprint density at radius 2 is 2.29 bits per heavy atom. The topological polar surface area (TPSA) is 61.2 Å². The number of hydrogen-bond acceptors (Lipinski definition) is 4. The van der Waals surface area contributed by atoms with Crippen molar-refractivity contribution in [2.24, 2.45) is 7.05 Å². The summed E-state index contributed by atoms with van der Waals surface area (Å²) in [4.78, 5) is 0.00937. The summed E-state index contributed by atoms with van der Waals surface area (Å²) < 4.78 is 28.6. The van der Waals surface area contributed by atoms with Gasteiger partial charge in [-0.25, -0.2) is 8.42 Å². The van der Waals surface area contributed by atoms with Crippen molar-refractivity contribution in [2.75, 3.05) is 6.61 Å². The van der Waals surface area contributed by atoms with Gasteiger partial charge in [0, 0.05) is 30.5 Å². The largest absolute Gasteiger partial charge is 0.375 e. The van der Waals surface area contributed by atoms with Gasteiger partial charge in [0.05, 0.1) is 6.61 Å². The van der Waals surface area contributed by atoms with E-state index in [4.69, 9.17) is 15.4 Å². The summed E-state index contributed by atoms with van der Waals surface area (Å²) in [6.45, 7) is 2.47. The van der Waals surface area contributed by atoms with Crippen LogP contribution in [0.2, 0.25) is 0 Å². The standard InChI is InChI=1S/C7H11ClN2O3S/c1-3-13-5-6-7(14(8,11)12)4-10(2)9-6/h4H,3,5H2,1-2H3. The summed E-state index contributed by atoms with van der Waals surface area (Å²) in [6.07, 6.45) is 1.36. The van der Waals surface area contributed by atoms with E-state index in [0.717, 1.165) is 0 Å². The van der Waals surface area contributed by atoms with Crippen LogP contribution in [0.15, 0.2) is 11.1 Å². The number of nitrogens with zero attached hydrogens (tertiary/aromatic N) is 2. The van der Waals surface area contributed by atoms with E-state index in [1.54, 1.807) is 7.05 Å². The normalized spacial score (nSPS) is 11.9. The van der Waals surface area contributed by atoms with E-state index in [0.29, 0.717) is 12.3 Å². The van der Waals surface area contributed by atoms with Crippen LogP contribution in [0.1, 0.15) is 12.6 Å². The van der Waals surface area contributed by atoms with Crippen molar-refractivity contribution >= 4 is 19.7 Å². The van der Waals surface area contributed by atoms with Crippen LogP contribution < -0.4 is 0 Å². The summed E-state index contributed by atoms with van der Waals surface area (Å²) in [5, 5.41) is 3.94. The number of aryl methyl sites for hydroxylation is 1. The summed E-state index contributed by atoms with van der Waals surface area (Å²) in [6, 6.07) is 0. The van der Waals surface area contributed by atoms with Gasteiger partial charge < -0.3 is 4.74 Å². The van der Waals surface area contributed by atoms with Crippen molar-refractivity contribution in [1.82, 2.24) is 9.78 Å². The molecule has 1 rings (SSSR count). The maximum absolute atomic E-state index is 11.1. The molecule has 0 aromatic carbocycles. The van der Waals surface area contributed by atoms with Crippen molar-refractivity contribution in [1.29, 1.82) is 0 Å². The van der Waals surface area contributed by atoms with Crippen LogP contribution in [-0.4, -0.2) is 24.8 Å². The molecule has 1 aromatic rings. The van der Waals surface area contributed by atoms with Crippen molar-refractivity contribution in [2.45, 2.75) is 18.4 Å². The Morgan fingerprint density at radius 3 is 2.79 bits per heavy atom. The predicted molar refractivity (Wildman–Crippen MR) is 51.6 cm³/mol. The fourth-order valence-electron chi connectivity index (χ4n) is 1.02. The van der Waals surface area contributed by atoms with Gasteiger partial charge in [-0.05, 0) is 6.92 Å². The Labute approximate surface area is 87.0 Å². The molecule has 0 saturated heterocycles. The van der Waals surface area contributed by atoms with E-state index >= 15 is 0 Å². The summed E-state index contributed by atoms with van der Waals surface area (Å²) in [5.74, 6) is 0. The molecule has 7 heteroatoms. The molecule has 0 atom stereocenters. The number of ether oxygens (including phenoxy) is 1. The first kappa shape index (κ1) is 11.5. The Kier molecular flexibility index (Phi) is 3.52. The molecule has 0 aliphatic rings. The minimum atomic E-state index is -3.73. The van der Waals surface area contributed by atoms with Crippen LogP contribution in [-0.2, 0) is 27.4 Å². The van der Waals surface area contributed by atoms with Gasteiger partial charge in [-0.15, -0.1) is 0 Å². The highest BCUT2D eigenvalue weighted by molar-refractivity contribution is 8.13. The third kappa shape index (κ3) is 2.70. The first-order chi connectivity index (χ1) is 6.45. The molecular formula is C7H11ClN2O3S. The van der Waals surface area contributed by atoms with Crippen LogP contribution in [0.4, 0.5) is 0 Å². The molecule has 0 spiro atoms. The fourth-order valence-corrected chi connectivity index (χ4v) is 2.06. The van der Waals surface area contributed by atoms with Gasteiger partial charge in [0.2, 0.25) is 0 Å². The minimum absolute atomic E-state index is 0.00937. The average molecular weight is 239 g/mol. The number of aromatic nitrogens is 2. The lowest BCUT2D eigenvalue weighted by atomic mass is 10.5. The fraction of sp³-hybridized carbons (Fsp3) is 0.571. The van der Waals surface area contributed by atoms with Crippen molar-refractivity contribution < 1.29 is 13.2 Å². The molecule has 1 aromatic heterocycles. The number of hydrogen-bond donors (Lipinski definition) is 0. The zero-order valence-corrected chi connectivity index (χ0v) is 9.47. The zero-order chi connectivity index (χ0) is 10.8. The van der Waals surface area contributed by atoms with Gasteiger partial charge in [-0.1, -0.05) is 0 Å². The lowest BCUT2D eigenvalue weighted by Gasteiger charge is -1.98. The first-order valence-electron chi connectivity index (χ1n) is 4.00. The van der Waals surface area contributed by atoms with E-state index in [-0.39, 0.29) is 11.5 Å². The molecule has 0 unspecified atom stereocenters. The molecule has 0 saturated carbocycles. The zero-order valence-electron chi connectivity index (χ0n) is 7.90. The van der Waals surface area contributed by atoms with E-state index in [9.17, 15) is 8.42 Å². The molecule has 5 nitrogen and oxygen atoms in total. The molecule has 0 fully saturated rings. The second kappa shape index (κ2) is 4.29. The van der Waals surface area contributed by atoms with Gasteiger partial charge in [0.15, 0.2) is 0 Å². The second-order valence-corrected chi connectivity index (χ2v) is 5.22. The average Bonchev–Trinajstić information content (AvgIpc) is 2.42. The van der Waals surface area contributed by atoms with Crippen LogP contribution in [0.25, 0.3) is 0 Å². The van der Waals surface area contributed by atoms with Crippen molar-refractivity contribution in [3.8, 4) is 0 Å². The quantitative estimate of drug-likeness (QED) is 0.731. The third-order valence-electron chi connectivity index (χ3n) is 1.57. The molecule has 0 radical (unpaired) electrons. The lowest BCUT2D eigenvalue weighted by molar-refractivity contribution is 0.129. The summed E-state index contributed by atoms with van der Waals surface area (Å²) in [7, 11) is 3.11. The van der Waals surface area contributed by atoms with E-state index in [2.05, 4.69) is 5.10 Å². The highest BCUT2D eigenvalue weighted by Crippen LogP contribution is 2.18. The molecule has 0 bridgehead atoms. The van der Waals surface area contributed by atoms with E-state index in [1.807, 2.05) is 6.92 Å². The molecule has 0 aliphatic heterocycles. The highest BCUT2D eigenvalue weighted by atomic mass is 35.7. The lowest BCUT2D eigenvalue weighted by Crippen LogP contribution is -1.99. The van der Waals surface area contributed by atoms with E-state index < -0.39 is 9.05 Å². The summed E-state index contributed by atoms with van der Waals surface area (Å²) in [5.41, 5.74) is 0.337. The SMILES string of the molecule is CCOCc1nn(C)cc1S(=O)(=O)Cl. The maximum atomic E-state index is 11.1. The Bertz CT molecular complexity index is 413. The molecule has 80 valence electrons. The smallest absolute Gasteiger partial charge is 0.264 e. The predicted octanol–water partition coefficient (Wildman–Crippen LogP) is 0.884. The van der Waals surface area contributed by atoms with Crippen LogP contribution >= 0.6 is 10.7 Å². The second-order valence-electron chi connectivity index (χ2n) is 2.69. The van der Waals surface area contributed by atoms with Crippen LogP contribution in [0, 0.1) is 0 Å². The summed E-state index contributed by atoms with van der Waals surface area (Å²) >= 11 is 0. The molecule has 0 amide bonds. The molecule has 0 N–H and O–H groups in total. The molecular weight excluding hydrogens is 228 g/mol. The van der Waals surface area contributed by atoms with Gasteiger partial charge in [-0.3, -0.25) is 4.68 Å². The van der Waals surface area contributed by atoms with Gasteiger partial charge in [0.1, 0.15) is 10.6 Å². The Hall–Kier alpha value is -0.590. The molecule has 1 heterocycles. The van der Waals surface area contributed by atoms with Crippen LogP contribution in [0.5, 0.6) is 0 Å². The molecule has 0 aliphatic carbocycles. The van der Waals surface area contributed by atoms with E-state index in [1.165, 1.54) is 10.9 Å². The van der Waals surface area contributed by atoms with Gasteiger partial charge in [0.25, 0.3) is 9.05 Å². The highest BCUT2D eigenvalue weighted by Gasteiger charge is 2.19. The maximum Gasteiger partial charge on any atom is 0.264 e. The first-order valence-corrected chi connectivity index (χ1v) is 6.31. The van der Waals surface area contributed by atoms with Crippen LogP contribution in [0.3, 0.4) is 0 Å². The van der Waals surface area contributed by atoms with Gasteiger partial charge in [-0.2, -0.15) is 5.10 Å².